The lowest BCUT2D eigenvalue weighted by atomic mass is 9.65. The molecule has 3 nitrogen and oxygen atoms in total. The molecule has 3 heteroatoms. The van der Waals surface area contributed by atoms with Crippen molar-refractivity contribution in [2.45, 2.75) is 31.8 Å². The molecule has 1 fully saturated rings. The summed E-state index contributed by atoms with van der Waals surface area (Å²) >= 11 is 0. The third-order valence-corrected chi connectivity index (χ3v) is 4.46. The number of phenols is 1. The minimum absolute atomic E-state index is 0.216. The molecule has 3 atom stereocenters. The van der Waals surface area contributed by atoms with Gasteiger partial charge in [0.1, 0.15) is 5.75 Å². The van der Waals surface area contributed by atoms with Gasteiger partial charge in [-0.3, -0.25) is 0 Å². The molecule has 19 heavy (non-hydrogen) atoms. The fourth-order valence-corrected chi connectivity index (χ4v) is 3.46. The van der Waals surface area contributed by atoms with E-state index >= 15 is 0 Å². The molecule has 0 saturated heterocycles. The Morgan fingerprint density at radius 1 is 1.32 bits per heavy atom. The Labute approximate surface area is 115 Å². The number of hydrogen-bond donors (Lipinski definition) is 2. The highest BCUT2D eigenvalue weighted by Gasteiger charge is 2.45. The second kappa shape index (κ2) is 5.51. The molecule has 0 amide bonds. The largest absolute Gasteiger partial charge is 0.508 e. The lowest BCUT2D eigenvalue weighted by molar-refractivity contribution is -0.102. The van der Waals surface area contributed by atoms with Gasteiger partial charge in [-0.2, -0.15) is 0 Å². The summed E-state index contributed by atoms with van der Waals surface area (Å²) in [7, 11) is 4.09. The second-order valence-electron chi connectivity index (χ2n) is 6.17. The molecular formula is C16H25NO2. The third kappa shape index (κ3) is 2.77. The molecule has 1 aromatic carbocycles. The normalized spacial score (nSPS) is 31.6. The van der Waals surface area contributed by atoms with Gasteiger partial charge < -0.3 is 15.1 Å². The summed E-state index contributed by atoms with van der Waals surface area (Å²) in [5.41, 5.74) is 0.0212. The smallest absolute Gasteiger partial charge is 0.115 e. The number of aliphatic hydroxyl groups is 1. The van der Waals surface area contributed by atoms with Gasteiger partial charge in [0.05, 0.1) is 5.60 Å². The number of phenolic OH excluding ortho intramolecular Hbond substituents is 1. The summed E-state index contributed by atoms with van der Waals surface area (Å²) in [4.78, 5) is 2.14. The van der Waals surface area contributed by atoms with Crippen LogP contribution in [0.2, 0.25) is 0 Å². The molecular weight excluding hydrogens is 238 g/mol. The number of hydrogen-bond acceptors (Lipinski definition) is 3. The van der Waals surface area contributed by atoms with E-state index < -0.39 is 5.60 Å². The lowest BCUT2D eigenvalue weighted by Crippen LogP contribution is -2.47. The number of benzene rings is 1. The first-order chi connectivity index (χ1) is 8.94. The average Bonchev–Trinajstić information content (AvgIpc) is 2.34. The van der Waals surface area contributed by atoms with E-state index in [1.54, 1.807) is 12.1 Å². The van der Waals surface area contributed by atoms with Crippen LogP contribution in [-0.4, -0.2) is 35.8 Å². The van der Waals surface area contributed by atoms with Crippen molar-refractivity contribution in [1.29, 1.82) is 0 Å². The molecule has 1 aliphatic carbocycles. The number of aromatic hydroxyl groups is 1. The van der Waals surface area contributed by atoms with Gasteiger partial charge in [0.15, 0.2) is 0 Å². The van der Waals surface area contributed by atoms with Crippen LogP contribution >= 0.6 is 0 Å². The van der Waals surface area contributed by atoms with Gasteiger partial charge in [-0.05, 0) is 50.6 Å². The van der Waals surface area contributed by atoms with Gasteiger partial charge in [0.2, 0.25) is 0 Å². The molecule has 0 aromatic heterocycles. The molecule has 0 heterocycles. The zero-order valence-electron chi connectivity index (χ0n) is 12.1. The van der Waals surface area contributed by atoms with Crippen molar-refractivity contribution in [2.24, 2.45) is 11.8 Å². The summed E-state index contributed by atoms with van der Waals surface area (Å²) in [5.74, 6) is 0.661. The van der Waals surface area contributed by atoms with Gasteiger partial charge in [-0.1, -0.05) is 25.5 Å². The first kappa shape index (κ1) is 14.4. The maximum atomic E-state index is 11.3. The Balaban J connectivity index is 2.38. The fourth-order valence-electron chi connectivity index (χ4n) is 3.46. The van der Waals surface area contributed by atoms with E-state index in [9.17, 15) is 10.2 Å². The van der Waals surface area contributed by atoms with Crippen LogP contribution in [0.1, 0.15) is 31.7 Å². The zero-order chi connectivity index (χ0) is 14.0. The van der Waals surface area contributed by atoms with Crippen LogP contribution < -0.4 is 0 Å². The van der Waals surface area contributed by atoms with Crippen LogP contribution in [0.4, 0.5) is 0 Å². The Morgan fingerprint density at radius 2 is 2.05 bits per heavy atom. The molecule has 1 saturated carbocycles. The average molecular weight is 263 g/mol. The van der Waals surface area contributed by atoms with Crippen LogP contribution in [0.5, 0.6) is 5.75 Å². The number of rotatable bonds is 3. The summed E-state index contributed by atoms with van der Waals surface area (Å²) in [5, 5.41) is 21.0. The maximum Gasteiger partial charge on any atom is 0.115 e. The summed E-state index contributed by atoms with van der Waals surface area (Å²) in [6.45, 7) is 2.99. The van der Waals surface area contributed by atoms with E-state index in [-0.39, 0.29) is 17.6 Å². The van der Waals surface area contributed by atoms with Crippen LogP contribution in [-0.2, 0) is 5.60 Å². The van der Waals surface area contributed by atoms with Gasteiger partial charge in [-0.15, -0.1) is 0 Å². The predicted octanol–water partition coefficient (Wildman–Crippen LogP) is 2.58. The Hall–Kier alpha value is -1.06. The van der Waals surface area contributed by atoms with Crippen molar-refractivity contribution in [1.82, 2.24) is 4.90 Å². The monoisotopic (exact) mass is 263 g/mol. The summed E-state index contributed by atoms with van der Waals surface area (Å²) < 4.78 is 0. The lowest BCUT2D eigenvalue weighted by Gasteiger charge is -2.46. The highest BCUT2D eigenvalue weighted by Crippen LogP contribution is 2.46. The standard InChI is InChI=1S/C16H25NO2/c1-12-6-4-8-14(11-17(2)3)16(12,19)13-7-5-9-15(18)10-13/h5,7,9-10,12,14,18-19H,4,6,8,11H2,1-3H3/t12-,14-,16+/m1/s1. The van der Waals surface area contributed by atoms with Crippen molar-refractivity contribution >= 4 is 0 Å². The van der Waals surface area contributed by atoms with Gasteiger partial charge in [0, 0.05) is 12.5 Å². The predicted molar refractivity (Wildman–Crippen MR) is 77.1 cm³/mol. The van der Waals surface area contributed by atoms with Gasteiger partial charge >= 0.3 is 0 Å². The third-order valence-electron chi connectivity index (χ3n) is 4.46. The SMILES string of the molecule is C[C@@H]1CCC[C@H](CN(C)C)[C@@]1(O)c1cccc(O)c1. The van der Waals surface area contributed by atoms with Crippen molar-refractivity contribution in [3.63, 3.8) is 0 Å². The minimum Gasteiger partial charge on any atom is -0.508 e. The van der Waals surface area contributed by atoms with E-state index in [0.29, 0.717) is 0 Å². The van der Waals surface area contributed by atoms with Crippen molar-refractivity contribution in [3.05, 3.63) is 29.8 Å². The van der Waals surface area contributed by atoms with Crippen molar-refractivity contribution in [3.8, 4) is 5.75 Å². The second-order valence-corrected chi connectivity index (χ2v) is 6.17. The summed E-state index contributed by atoms with van der Waals surface area (Å²) in [6.07, 6.45) is 3.24. The molecule has 2 N–H and O–H groups in total. The Bertz CT molecular complexity index is 433. The molecule has 106 valence electrons. The highest BCUT2D eigenvalue weighted by atomic mass is 16.3. The van der Waals surface area contributed by atoms with Gasteiger partial charge in [-0.25, -0.2) is 0 Å². The molecule has 0 radical (unpaired) electrons. The van der Waals surface area contributed by atoms with Crippen molar-refractivity contribution < 1.29 is 10.2 Å². The number of nitrogens with zero attached hydrogens (tertiary/aromatic N) is 1. The van der Waals surface area contributed by atoms with Crippen LogP contribution in [0.3, 0.4) is 0 Å². The highest BCUT2D eigenvalue weighted by molar-refractivity contribution is 5.33. The Morgan fingerprint density at radius 3 is 2.68 bits per heavy atom. The topological polar surface area (TPSA) is 43.7 Å². The zero-order valence-corrected chi connectivity index (χ0v) is 12.1. The summed E-state index contributed by atoms with van der Waals surface area (Å²) in [6, 6.07) is 7.12. The molecule has 0 aliphatic heterocycles. The molecule has 1 aromatic rings. The molecule has 0 spiro atoms. The minimum atomic E-state index is -0.832. The molecule has 0 bridgehead atoms. The van der Waals surface area contributed by atoms with Gasteiger partial charge in [0.25, 0.3) is 0 Å². The fraction of sp³-hybridized carbons (Fsp3) is 0.625. The van der Waals surface area contributed by atoms with E-state index in [1.807, 2.05) is 26.2 Å². The van der Waals surface area contributed by atoms with E-state index in [2.05, 4.69) is 11.8 Å². The van der Waals surface area contributed by atoms with Crippen LogP contribution in [0, 0.1) is 11.8 Å². The van der Waals surface area contributed by atoms with E-state index in [1.165, 1.54) is 6.42 Å². The van der Waals surface area contributed by atoms with Crippen LogP contribution in [0.15, 0.2) is 24.3 Å². The molecule has 0 unspecified atom stereocenters. The Kier molecular flexibility index (Phi) is 4.16. The molecule has 1 aliphatic rings. The van der Waals surface area contributed by atoms with Crippen molar-refractivity contribution in [2.75, 3.05) is 20.6 Å². The maximum absolute atomic E-state index is 11.3. The van der Waals surface area contributed by atoms with E-state index in [0.717, 1.165) is 24.9 Å². The first-order valence-corrected chi connectivity index (χ1v) is 7.11. The quantitative estimate of drug-likeness (QED) is 0.881. The van der Waals surface area contributed by atoms with Crippen LogP contribution in [0.25, 0.3) is 0 Å². The van der Waals surface area contributed by atoms with E-state index in [4.69, 9.17) is 0 Å². The first-order valence-electron chi connectivity index (χ1n) is 7.11. The molecule has 2 rings (SSSR count).